The van der Waals surface area contributed by atoms with Crippen molar-refractivity contribution in [2.75, 3.05) is 12.4 Å². The maximum absolute atomic E-state index is 11.8. The number of ether oxygens (including phenoxy) is 1. The summed E-state index contributed by atoms with van der Waals surface area (Å²) >= 11 is 8.15. The lowest BCUT2D eigenvalue weighted by Crippen LogP contribution is -2.26. The molecule has 1 aromatic heterocycles. The van der Waals surface area contributed by atoms with Gasteiger partial charge in [-0.2, -0.15) is 0 Å². The number of rotatable bonds is 11. The first-order chi connectivity index (χ1) is 16.2. The molecule has 0 aliphatic rings. The van der Waals surface area contributed by atoms with E-state index in [2.05, 4.69) is 19.0 Å². The summed E-state index contributed by atoms with van der Waals surface area (Å²) in [4.78, 5) is 12.7. The number of benzene rings is 2. The van der Waals surface area contributed by atoms with Gasteiger partial charge in [-0.15, -0.1) is 11.8 Å². The average Bonchev–Trinajstić information content (AvgIpc) is 3.18. The molecule has 0 spiro atoms. The Morgan fingerprint density at radius 3 is 2.62 bits per heavy atom. The molecule has 0 aliphatic heterocycles. The van der Waals surface area contributed by atoms with Gasteiger partial charge in [-0.1, -0.05) is 63.9 Å². The minimum atomic E-state index is -0.835. The molecule has 0 fully saturated rings. The van der Waals surface area contributed by atoms with Gasteiger partial charge in [0.15, 0.2) is 5.58 Å². The van der Waals surface area contributed by atoms with Gasteiger partial charge < -0.3 is 14.4 Å². The number of carbonyl (C=O) groups is 1. The minimum Gasteiger partial charge on any atom is -0.493 e. The van der Waals surface area contributed by atoms with Gasteiger partial charge in [0.25, 0.3) is 0 Å². The Bertz CT molecular complexity index is 1140. The van der Waals surface area contributed by atoms with Crippen LogP contribution in [0.4, 0.5) is 0 Å². The zero-order valence-electron chi connectivity index (χ0n) is 20.6. The van der Waals surface area contributed by atoms with E-state index in [1.807, 2.05) is 45.0 Å². The van der Waals surface area contributed by atoms with Gasteiger partial charge in [-0.25, -0.2) is 0 Å². The summed E-state index contributed by atoms with van der Waals surface area (Å²) in [5.41, 5.74) is 3.24. The van der Waals surface area contributed by atoms with Crippen LogP contribution < -0.4 is 4.74 Å². The summed E-state index contributed by atoms with van der Waals surface area (Å²) in [6.07, 6.45) is 3.57. The van der Waals surface area contributed by atoms with Crippen molar-refractivity contribution >= 4 is 40.3 Å². The zero-order valence-corrected chi connectivity index (χ0v) is 22.2. The second-order valence-electron chi connectivity index (χ2n) is 9.53. The summed E-state index contributed by atoms with van der Waals surface area (Å²) < 4.78 is 11.8. The molecule has 0 saturated carbocycles. The molecule has 1 atom stereocenters. The molecule has 3 aromatic rings. The van der Waals surface area contributed by atoms with Gasteiger partial charge in [-0.05, 0) is 54.5 Å². The van der Waals surface area contributed by atoms with Gasteiger partial charge in [0.05, 0.1) is 23.2 Å². The van der Waals surface area contributed by atoms with E-state index in [0.717, 1.165) is 69.9 Å². The number of nitrogens with zero attached hydrogens (tertiary/aromatic N) is 1. The number of carboxylic acid groups (broad SMARTS) is 1. The smallest absolute Gasteiger partial charge is 0.311 e. The van der Waals surface area contributed by atoms with Crippen LogP contribution in [-0.2, 0) is 17.6 Å². The number of halogens is 1. The molecule has 0 amide bonds. The van der Waals surface area contributed by atoms with Crippen molar-refractivity contribution in [3.05, 3.63) is 52.2 Å². The Hall–Kier alpha value is -2.18. The molecule has 5 nitrogen and oxygen atoms in total. The highest BCUT2D eigenvalue weighted by Crippen LogP contribution is 2.38. The molecular weight excluding hydrogens is 470 g/mol. The molecule has 0 bridgehead atoms. The van der Waals surface area contributed by atoms with E-state index in [4.69, 9.17) is 20.9 Å². The molecule has 1 N–H and O–H groups in total. The lowest BCUT2D eigenvalue weighted by Gasteiger charge is -2.27. The van der Waals surface area contributed by atoms with Gasteiger partial charge in [-0.3, -0.25) is 4.79 Å². The van der Waals surface area contributed by atoms with Crippen molar-refractivity contribution in [2.24, 2.45) is 5.41 Å². The first-order valence-corrected chi connectivity index (χ1v) is 13.2. The topological polar surface area (TPSA) is 72.6 Å². The number of aryl methyl sites for hydroxylation is 2. The Morgan fingerprint density at radius 1 is 1.24 bits per heavy atom. The number of hydrogen-bond acceptors (Lipinski definition) is 5. The third-order valence-electron chi connectivity index (χ3n) is 5.82. The first-order valence-electron chi connectivity index (χ1n) is 11.8. The summed E-state index contributed by atoms with van der Waals surface area (Å²) in [6.45, 7) is 10.6. The molecule has 0 radical (unpaired) electrons. The summed E-state index contributed by atoms with van der Waals surface area (Å²) in [6, 6.07) is 9.66. The molecule has 1 unspecified atom stereocenters. The van der Waals surface area contributed by atoms with Crippen LogP contribution in [0.1, 0.15) is 70.2 Å². The molecule has 184 valence electrons. The summed E-state index contributed by atoms with van der Waals surface area (Å²) in [5.74, 6) is 0.263. The molecule has 0 saturated heterocycles. The largest absolute Gasteiger partial charge is 0.493 e. The molecule has 1 heterocycles. The molecule has 0 aliphatic carbocycles. The minimum absolute atomic E-state index is 0.398. The Labute approximate surface area is 211 Å². The Balaban J connectivity index is 1.59. The highest BCUT2D eigenvalue weighted by molar-refractivity contribution is 7.99. The van der Waals surface area contributed by atoms with Crippen LogP contribution in [0.15, 0.2) is 39.8 Å². The highest BCUT2D eigenvalue weighted by Gasteiger charge is 2.33. The quantitative estimate of drug-likeness (QED) is 0.213. The van der Waals surface area contributed by atoms with Gasteiger partial charge in [0, 0.05) is 21.6 Å². The van der Waals surface area contributed by atoms with Gasteiger partial charge in [0.1, 0.15) is 5.75 Å². The molecular formula is C27H34ClNO4S. The molecule has 2 aromatic carbocycles. The van der Waals surface area contributed by atoms with Crippen molar-refractivity contribution in [2.45, 2.75) is 71.1 Å². The van der Waals surface area contributed by atoms with E-state index in [-0.39, 0.29) is 0 Å². The van der Waals surface area contributed by atoms with Crippen LogP contribution in [-0.4, -0.2) is 28.6 Å². The Kier molecular flexibility index (Phi) is 8.94. The number of thioether (sulfide) groups is 1. The first kappa shape index (κ1) is 26.4. The van der Waals surface area contributed by atoms with Crippen LogP contribution in [0.5, 0.6) is 5.75 Å². The number of aliphatic carboxylic acids is 1. The highest BCUT2D eigenvalue weighted by atomic mass is 35.5. The molecule has 34 heavy (non-hydrogen) atoms. The fourth-order valence-electron chi connectivity index (χ4n) is 4.22. The van der Waals surface area contributed by atoms with E-state index >= 15 is 0 Å². The van der Waals surface area contributed by atoms with Crippen molar-refractivity contribution in [1.29, 1.82) is 0 Å². The lowest BCUT2D eigenvalue weighted by atomic mass is 9.76. The van der Waals surface area contributed by atoms with Crippen LogP contribution in [0.2, 0.25) is 5.02 Å². The van der Waals surface area contributed by atoms with Crippen molar-refractivity contribution in [3.63, 3.8) is 0 Å². The van der Waals surface area contributed by atoms with E-state index in [9.17, 15) is 9.90 Å². The van der Waals surface area contributed by atoms with Crippen LogP contribution in [0.25, 0.3) is 11.0 Å². The normalized spacial score (nSPS) is 12.8. The second-order valence-corrected chi connectivity index (χ2v) is 11.1. The third kappa shape index (κ3) is 6.08. The van der Waals surface area contributed by atoms with Crippen molar-refractivity contribution in [3.8, 4) is 5.75 Å². The average molecular weight is 504 g/mol. The maximum atomic E-state index is 11.8. The van der Waals surface area contributed by atoms with Crippen LogP contribution in [0.3, 0.4) is 0 Å². The monoisotopic (exact) mass is 503 g/mol. The second kappa shape index (κ2) is 11.5. The third-order valence-corrected chi connectivity index (χ3v) is 7.40. The summed E-state index contributed by atoms with van der Waals surface area (Å²) in [7, 11) is 0. The van der Waals surface area contributed by atoms with Crippen molar-refractivity contribution < 1.29 is 19.2 Å². The fourth-order valence-corrected chi connectivity index (χ4v) is 5.41. The van der Waals surface area contributed by atoms with E-state index in [1.54, 1.807) is 17.8 Å². The van der Waals surface area contributed by atoms with Gasteiger partial charge in [0.2, 0.25) is 0 Å². The lowest BCUT2D eigenvalue weighted by molar-refractivity contribution is -0.141. The van der Waals surface area contributed by atoms with Crippen LogP contribution >= 0.6 is 23.4 Å². The van der Waals surface area contributed by atoms with Crippen molar-refractivity contribution in [1.82, 2.24) is 5.16 Å². The SMILES string of the molecule is CCCc1c(OCCCSc2ccc(C(C(=O)O)C(C)(C)C)cc2Cl)ccc2c(CC)noc12. The van der Waals surface area contributed by atoms with E-state index in [1.165, 1.54) is 0 Å². The number of aromatic nitrogens is 1. The zero-order chi connectivity index (χ0) is 24.9. The molecule has 7 heteroatoms. The van der Waals surface area contributed by atoms with E-state index in [0.29, 0.717) is 11.6 Å². The van der Waals surface area contributed by atoms with E-state index < -0.39 is 17.3 Å². The number of carboxylic acids is 1. The predicted molar refractivity (Wildman–Crippen MR) is 140 cm³/mol. The predicted octanol–water partition coefficient (Wildman–Crippen LogP) is 7.77. The van der Waals surface area contributed by atoms with Gasteiger partial charge >= 0.3 is 5.97 Å². The Morgan fingerprint density at radius 2 is 2.00 bits per heavy atom. The number of hydrogen-bond donors (Lipinski definition) is 1. The number of fused-ring (bicyclic) bond motifs is 1. The molecule has 3 rings (SSSR count). The fraction of sp³-hybridized carbons (Fsp3) is 0.481. The maximum Gasteiger partial charge on any atom is 0.311 e. The standard InChI is InChI=1S/C27H34ClNO4S/c1-6-9-19-22(12-11-18-21(7-2)29-33-25(18)19)32-14-8-15-34-23-13-10-17(16-20(23)28)24(26(30)31)27(3,4)5/h10-13,16,24H,6-9,14-15H2,1-5H3,(H,30,31). The van der Waals surface area contributed by atoms with Crippen LogP contribution in [0, 0.1) is 5.41 Å². The summed E-state index contributed by atoms with van der Waals surface area (Å²) in [5, 5.41) is 15.5.